The molecule has 0 aliphatic rings. The van der Waals surface area contributed by atoms with E-state index in [9.17, 15) is 9.18 Å². The van der Waals surface area contributed by atoms with Gasteiger partial charge in [0, 0.05) is 30.2 Å². The second-order valence-electron chi connectivity index (χ2n) is 5.31. The largest absolute Gasteiger partial charge is 0.497 e. The Balaban J connectivity index is 1.82. The maximum absolute atomic E-state index is 13.3. The summed E-state index contributed by atoms with van der Waals surface area (Å²) in [6, 6.07) is 14.2. The molecule has 24 heavy (non-hydrogen) atoms. The first-order valence-corrected chi connectivity index (χ1v) is 8.90. The van der Waals surface area contributed by atoms with E-state index in [-0.39, 0.29) is 11.7 Å². The molecule has 3 nitrogen and oxygen atoms in total. The summed E-state index contributed by atoms with van der Waals surface area (Å²) in [6.07, 6.45) is 0.458. The molecule has 0 heterocycles. The van der Waals surface area contributed by atoms with Gasteiger partial charge in [0.1, 0.15) is 11.6 Å². The van der Waals surface area contributed by atoms with Crippen molar-refractivity contribution in [2.75, 3.05) is 19.4 Å². The highest BCUT2D eigenvalue weighted by molar-refractivity contribution is 7.99. The van der Waals surface area contributed by atoms with Crippen molar-refractivity contribution < 1.29 is 13.9 Å². The summed E-state index contributed by atoms with van der Waals surface area (Å²) in [7, 11) is 1.64. The summed E-state index contributed by atoms with van der Waals surface area (Å²) >= 11 is 1.64. The van der Waals surface area contributed by atoms with E-state index in [2.05, 4.69) is 0 Å². The number of thioether (sulfide) groups is 1. The summed E-state index contributed by atoms with van der Waals surface area (Å²) < 4.78 is 18.4. The van der Waals surface area contributed by atoms with Crippen molar-refractivity contribution in [1.82, 2.24) is 4.90 Å². The van der Waals surface area contributed by atoms with Crippen LogP contribution in [0.15, 0.2) is 53.4 Å². The fourth-order valence-corrected chi connectivity index (χ4v) is 3.16. The Kier molecular flexibility index (Phi) is 7.12. The lowest BCUT2D eigenvalue weighted by molar-refractivity contribution is -0.131. The van der Waals surface area contributed by atoms with Crippen LogP contribution in [-0.4, -0.2) is 30.2 Å². The standard InChI is InChI=1S/C19H22FNO2S/c1-3-21(14-15-5-4-6-16(20)13-15)19(22)11-12-24-18-9-7-17(23-2)8-10-18/h4-10,13H,3,11-12,14H2,1-2H3. The van der Waals surface area contributed by atoms with Crippen LogP contribution in [0.3, 0.4) is 0 Å². The van der Waals surface area contributed by atoms with Crippen molar-refractivity contribution >= 4 is 17.7 Å². The van der Waals surface area contributed by atoms with Crippen molar-refractivity contribution in [2.24, 2.45) is 0 Å². The first-order chi connectivity index (χ1) is 11.6. The zero-order chi connectivity index (χ0) is 17.4. The molecule has 0 bridgehead atoms. The van der Waals surface area contributed by atoms with Gasteiger partial charge >= 0.3 is 0 Å². The Morgan fingerprint density at radius 3 is 2.58 bits per heavy atom. The van der Waals surface area contributed by atoms with Gasteiger partial charge in [-0.2, -0.15) is 0 Å². The number of nitrogens with zero attached hydrogens (tertiary/aromatic N) is 1. The lowest BCUT2D eigenvalue weighted by Crippen LogP contribution is -2.30. The topological polar surface area (TPSA) is 29.5 Å². The molecule has 2 aromatic rings. The number of ether oxygens (including phenoxy) is 1. The predicted molar refractivity (Wildman–Crippen MR) is 95.8 cm³/mol. The molecule has 2 aromatic carbocycles. The minimum absolute atomic E-state index is 0.0859. The lowest BCUT2D eigenvalue weighted by atomic mass is 10.2. The van der Waals surface area contributed by atoms with Gasteiger partial charge in [0.05, 0.1) is 7.11 Å². The predicted octanol–water partition coefficient (Wildman–Crippen LogP) is 4.37. The molecule has 2 rings (SSSR count). The molecule has 0 saturated heterocycles. The van der Waals surface area contributed by atoms with Gasteiger partial charge in [-0.15, -0.1) is 11.8 Å². The van der Waals surface area contributed by atoms with E-state index in [0.717, 1.165) is 16.2 Å². The number of hydrogen-bond donors (Lipinski definition) is 0. The van der Waals surface area contributed by atoms with E-state index in [0.29, 0.717) is 25.3 Å². The monoisotopic (exact) mass is 347 g/mol. The van der Waals surface area contributed by atoms with E-state index in [1.54, 1.807) is 29.8 Å². The molecule has 0 N–H and O–H groups in total. The summed E-state index contributed by atoms with van der Waals surface area (Å²) in [5, 5.41) is 0. The third-order valence-electron chi connectivity index (χ3n) is 3.64. The summed E-state index contributed by atoms with van der Waals surface area (Å²) in [4.78, 5) is 15.2. The van der Waals surface area contributed by atoms with Gasteiger partial charge in [0.25, 0.3) is 0 Å². The van der Waals surface area contributed by atoms with Crippen LogP contribution >= 0.6 is 11.8 Å². The zero-order valence-electron chi connectivity index (χ0n) is 14.0. The molecule has 0 aliphatic heterocycles. The number of benzene rings is 2. The van der Waals surface area contributed by atoms with Crippen LogP contribution in [-0.2, 0) is 11.3 Å². The number of carbonyl (C=O) groups is 1. The van der Waals surface area contributed by atoms with Crippen LogP contribution in [0.5, 0.6) is 5.75 Å². The number of amides is 1. The van der Waals surface area contributed by atoms with Crippen LogP contribution < -0.4 is 4.74 Å². The van der Waals surface area contributed by atoms with Crippen LogP contribution in [0, 0.1) is 5.82 Å². The van der Waals surface area contributed by atoms with Crippen LogP contribution in [0.25, 0.3) is 0 Å². The number of carbonyl (C=O) groups excluding carboxylic acids is 1. The van der Waals surface area contributed by atoms with E-state index in [4.69, 9.17) is 4.74 Å². The molecule has 0 unspecified atom stereocenters. The summed E-state index contributed by atoms with van der Waals surface area (Å²) in [5.41, 5.74) is 0.813. The maximum Gasteiger partial charge on any atom is 0.223 e. The second-order valence-corrected chi connectivity index (χ2v) is 6.48. The molecule has 1 amide bonds. The number of halogens is 1. The number of hydrogen-bond acceptors (Lipinski definition) is 3. The van der Waals surface area contributed by atoms with Gasteiger partial charge < -0.3 is 9.64 Å². The average Bonchev–Trinajstić information content (AvgIpc) is 2.60. The van der Waals surface area contributed by atoms with E-state index in [1.165, 1.54) is 12.1 Å². The van der Waals surface area contributed by atoms with Gasteiger partial charge in [-0.05, 0) is 48.9 Å². The highest BCUT2D eigenvalue weighted by atomic mass is 32.2. The lowest BCUT2D eigenvalue weighted by Gasteiger charge is -2.21. The highest BCUT2D eigenvalue weighted by Gasteiger charge is 2.12. The van der Waals surface area contributed by atoms with Crippen molar-refractivity contribution in [1.29, 1.82) is 0 Å². The van der Waals surface area contributed by atoms with Crippen LogP contribution in [0.1, 0.15) is 18.9 Å². The van der Waals surface area contributed by atoms with Gasteiger partial charge in [0.2, 0.25) is 5.91 Å². The molecule has 128 valence electrons. The van der Waals surface area contributed by atoms with Crippen LogP contribution in [0.4, 0.5) is 4.39 Å². The molecule has 0 atom stereocenters. The molecule has 0 aromatic heterocycles. The minimum atomic E-state index is -0.272. The molecule has 0 aliphatic carbocycles. The van der Waals surface area contributed by atoms with E-state index in [1.807, 2.05) is 37.3 Å². The highest BCUT2D eigenvalue weighted by Crippen LogP contribution is 2.22. The Morgan fingerprint density at radius 2 is 1.96 bits per heavy atom. The fraction of sp³-hybridized carbons (Fsp3) is 0.316. The first kappa shape index (κ1) is 18.3. The molecular formula is C19H22FNO2S. The van der Waals surface area contributed by atoms with Crippen molar-refractivity contribution in [3.05, 3.63) is 59.9 Å². The third kappa shape index (κ3) is 5.57. The zero-order valence-corrected chi connectivity index (χ0v) is 14.8. The van der Waals surface area contributed by atoms with Gasteiger partial charge in [-0.1, -0.05) is 12.1 Å². The number of methoxy groups -OCH3 is 1. The average molecular weight is 347 g/mol. The number of rotatable bonds is 8. The Hall–Kier alpha value is -2.01. The van der Waals surface area contributed by atoms with Gasteiger partial charge in [-0.25, -0.2) is 4.39 Å². The smallest absolute Gasteiger partial charge is 0.223 e. The minimum Gasteiger partial charge on any atom is -0.497 e. The van der Waals surface area contributed by atoms with Crippen molar-refractivity contribution in [3.8, 4) is 5.75 Å². The summed E-state index contributed by atoms with van der Waals surface area (Å²) in [6.45, 7) is 3.00. The molecular weight excluding hydrogens is 325 g/mol. The maximum atomic E-state index is 13.3. The molecule has 5 heteroatoms. The SMILES string of the molecule is CCN(Cc1cccc(F)c1)C(=O)CCSc1ccc(OC)cc1. The second kappa shape index (κ2) is 9.33. The fourth-order valence-electron chi connectivity index (χ4n) is 2.32. The quantitative estimate of drug-likeness (QED) is 0.664. The van der Waals surface area contributed by atoms with Crippen molar-refractivity contribution in [2.45, 2.75) is 24.8 Å². The van der Waals surface area contributed by atoms with Crippen molar-refractivity contribution in [3.63, 3.8) is 0 Å². The van der Waals surface area contributed by atoms with Gasteiger partial charge in [0.15, 0.2) is 0 Å². The normalized spacial score (nSPS) is 10.5. The summed E-state index contributed by atoms with van der Waals surface area (Å²) in [5.74, 6) is 1.35. The molecule has 0 saturated carbocycles. The molecule has 0 spiro atoms. The Labute approximate surface area is 146 Å². The van der Waals surface area contributed by atoms with E-state index < -0.39 is 0 Å². The van der Waals surface area contributed by atoms with Gasteiger partial charge in [-0.3, -0.25) is 4.79 Å². The van der Waals surface area contributed by atoms with Crippen LogP contribution in [0.2, 0.25) is 0 Å². The third-order valence-corrected chi connectivity index (χ3v) is 4.65. The Morgan fingerprint density at radius 1 is 1.21 bits per heavy atom. The Bertz CT molecular complexity index is 661. The van der Waals surface area contributed by atoms with E-state index >= 15 is 0 Å². The molecule has 0 fully saturated rings. The molecule has 0 radical (unpaired) electrons. The first-order valence-electron chi connectivity index (χ1n) is 7.91.